The summed E-state index contributed by atoms with van der Waals surface area (Å²) in [7, 11) is 0. The molecule has 1 aromatic heterocycles. The molecule has 0 aliphatic rings. The summed E-state index contributed by atoms with van der Waals surface area (Å²) in [5.74, 6) is 0.366. The van der Waals surface area contributed by atoms with E-state index < -0.39 is 0 Å². The first kappa shape index (κ1) is 14.2. The van der Waals surface area contributed by atoms with Gasteiger partial charge in [0, 0.05) is 42.1 Å². The van der Waals surface area contributed by atoms with Gasteiger partial charge in [-0.15, -0.1) is 0 Å². The topological polar surface area (TPSA) is 94.1 Å². The second-order valence-electron chi connectivity index (χ2n) is 5.10. The molecule has 1 unspecified atom stereocenters. The molecule has 1 aromatic carbocycles. The Morgan fingerprint density at radius 2 is 2.10 bits per heavy atom. The number of nitro groups is 1. The second kappa shape index (κ2) is 5.83. The molecule has 20 heavy (non-hydrogen) atoms. The van der Waals surface area contributed by atoms with Crippen LogP contribution in [0.1, 0.15) is 13.8 Å². The summed E-state index contributed by atoms with van der Waals surface area (Å²) in [5, 5.41) is 15.6. The van der Waals surface area contributed by atoms with Crippen molar-refractivity contribution in [3.05, 3.63) is 40.7 Å². The molecule has 0 saturated heterocycles. The van der Waals surface area contributed by atoms with Gasteiger partial charge in [0.15, 0.2) is 0 Å². The Morgan fingerprint density at radius 1 is 1.35 bits per heavy atom. The average Bonchev–Trinajstić information content (AvgIpc) is 2.43. The number of aromatic nitrogens is 1. The van der Waals surface area contributed by atoms with E-state index in [0.29, 0.717) is 17.8 Å². The van der Waals surface area contributed by atoms with E-state index in [1.54, 1.807) is 24.5 Å². The third-order valence-electron chi connectivity index (χ3n) is 3.38. The molecule has 0 radical (unpaired) electrons. The number of benzene rings is 1. The molecule has 3 N–H and O–H groups in total. The minimum absolute atomic E-state index is 0.0249. The minimum atomic E-state index is -0.383. The van der Waals surface area contributed by atoms with Crippen LogP contribution in [-0.2, 0) is 0 Å². The van der Waals surface area contributed by atoms with Crippen molar-refractivity contribution >= 4 is 22.1 Å². The van der Waals surface area contributed by atoms with E-state index in [4.69, 9.17) is 5.73 Å². The monoisotopic (exact) mass is 274 g/mol. The first-order chi connectivity index (χ1) is 9.50. The Hall–Kier alpha value is -2.21. The predicted molar refractivity (Wildman–Crippen MR) is 79.7 cm³/mol. The molecule has 106 valence electrons. The number of nitrogens with two attached hydrogens (primary N) is 1. The zero-order chi connectivity index (χ0) is 14.7. The molecule has 0 aliphatic carbocycles. The summed E-state index contributed by atoms with van der Waals surface area (Å²) in [5.41, 5.74) is 6.90. The van der Waals surface area contributed by atoms with Crippen molar-refractivity contribution in [3.8, 4) is 0 Å². The van der Waals surface area contributed by atoms with Crippen molar-refractivity contribution in [3.63, 3.8) is 0 Å². The first-order valence-electron chi connectivity index (χ1n) is 6.51. The molecule has 0 fully saturated rings. The van der Waals surface area contributed by atoms with Crippen molar-refractivity contribution in [2.75, 3.05) is 11.9 Å². The number of nitrogens with one attached hydrogen (secondary N) is 1. The van der Waals surface area contributed by atoms with Gasteiger partial charge in [0.2, 0.25) is 0 Å². The highest BCUT2D eigenvalue weighted by molar-refractivity contribution is 5.99. The van der Waals surface area contributed by atoms with E-state index >= 15 is 0 Å². The molecule has 6 heteroatoms. The minimum Gasteiger partial charge on any atom is -0.383 e. The Balaban J connectivity index is 2.36. The van der Waals surface area contributed by atoms with Gasteiger partial charge in [-0.05, 0) is 18.1 Å². The van der Waals surface area contributed by atoms with Crippen LogP contribution in [0.3, 0.4) is 0 Å². The maximum atomic E-state index is 11.0. The van der Waals surface area contributed by atoms with Gasteiger partial charge in [-0.2, -0.15) is 0 Å². The number of rotatable bonds is 5. The van der Waals surface area contributed by atoms with Crippen LogP contribution in [0.5, 0.6) is 0 Å². The van der Waals surface area contributed by atoms with Gasteiger partial charge in [-0.25, -0.2) is 0 Å². The van der Waals surface area contributed by atoms with Crippen LogP contribution in [0.15, 0.2) is 30.6 Å². The molecule has 0 spiro atoms. The number of pyridine rings is 1. The third kappa shape index (κ3) is 2.85. The number of anilines is 1. The lowest BCUT2D eigenvalue weighted by molar-refractivity contribution is -0.383. The largest absolute Gasteiger partial charge is 0.383 e. The highest BCUT2D eigenvalue weighted by atomic mass is 16.6. The van der Waals surface area contributed by atoms with E-state index in [1.165, 1.54) is 6.07 Å². The number of nitrogens with zero attached hydrogens (tertiary/aromatic N) is 2. The van der Waals surface area contributed by atoms with Gasteiger partial charge in [-0.1, -0.05) is 13.8 Å². The zero-order valence-electron chi connectivity index (χ0n) is 11.5. The van der Waals surface area contributed by atoms with E-state index in [9.17, 15) is 10.1 Å². The van der Waals surface area contributed by atoms with Crippen LogP contribution in [0.4, 0.5) is 11.4 Å². The van der Waals surface area contributed by atoms with E-state index in [-0.39, 0.29) is 16.7 Å². The summed E-state index contributed by atoms with van der Waals surface area (Å²) in [6.07, 6.45) is 3.19. The van der Waals surface area contributed by atoms with Crippen LogP contribution in [0.2, 0.25) is 0 Å². The molecular weight excluding hydrogens is 256 g/mol. The van der Waals surface area contributed by atoms with Gasteiger partial charge >= 0.3 is 0 Å². The van der Waals surface area contributed by atoms with Crippen LogP contribution in [0, 0.1) is 16.0 Å². The van der Waals surface area contributed by atoms with Crippen LogP contribution < -0.4 is 11.1 Å². The van der Waals surface area contributed by atoms with E-state index in [0.717, 1.165) is 11.1 Å². The molecule has 0 amide bonds. The molecule has 0 saturated carbocycles. The lowest BCUT2D eigenvalue weighted by Crippen LogP contribution is -2.34. The van der Waals surface area contributed by atoms with Gasteiger partial charge in [-0.3, -0.25) is 15.1 Å². The van der Waals surface area contributed by atoms with Gasteiger partial charge in [0.05, 0.1) is 10.3 Å². The normalized spacial score (nSPS) is 12.6. The maximum absolute atomic E-state index is 11.0. The van der Waals surface area contributed by atoms with Gasteiger partial charge in [0.25, 0.3) is 5.69 Å². The second-order valence-corrected chi connectivity index (χ2v) is 5.10. The van der Waals surface area contributed by atoms with E-state index in [2.05, 4.69) is 24.1 Å². The maximum Gasteiger partial charge on any atom is 0.277 e. The summed E-state index contributed by atoms with van der Waals surface area (Å²) in [6, 6.07) is 4.89. The van der Waals surface area contributed by atoms with Crippen molar-refractivity contribution in [1.82, 2.24) is 4.98 Å². The molecule has 6 nitrogen and oxygen atoms in total. The first-order valence-corrected chi connectivity index (χ1v) is 6.51. The van der Waals surface area contributed by atoms with Gasteiger partial charge in [0.1, 0.15) is 0 Å². The van der Waals surface area contributed by atoms with Crippen molar-refractivity contribution in [2.45, 2.75) is 19.9 Å². The third-order valence-corrected chi connectivity index (χ3v) is 3.38. The lowest BCUT2D eigenvalue weighted by atomic mass is 10.0. The molecule has 1 atom stereocenters. The predicted octanol–water partition coefficient (Wildman–Crippen LogP) is 2.54. The van der Waals surface area contributed by atoms with Crippen molar-refractivity contribution in [1.29, 1.82) is 0 Å². The SMILES string of the molecule is CC(C)C(N)CNc1ccc([N+](=O)[O-])c2ccncc12. The Bertz CT molecular complexity index is 628. The summed E-state index contributed by atoms with van der Waals surface area (Å²) >= 11 is 0. The number of nitro benzene ring substituents is 1. The standard InChI is InChI=1S/C14H18N4O2/c1-9(2)12(15)8-17-13-3-4-14(18(19)20)10-5-6-16-7-11(10)13/h3-7,9,12,17H,8,15H2,1-2H3. The van der Waals surface area contributed by atoms with Crippen LogP contribution in [-0.4, -0.2) is 22.5 Å². The van der Waals surface area contributed by atoms with Crippen LogP contribution in [0.25, 0.3) is 10.8 Å². The molecule has 0 bridgehead atoms. The molecule has 1 heterocycles. The fourth-order valence-corrected chi connectivity index (χ4v) is 1.95. The van der Waals surface area contributed by atoms with Gasteiger partial charge < -0.3 is 11.1 Å². The fourth-order valence-electron chi connectivity index (χ4n) is 1.95. The van der Waals surface area contributed by atoms with Crippen LogP contribution >= 0.6 is 0 Å². The van der Waals surface area contributed by atoms with Crippen molar-refractivity contribution in [2.24, 2.45) is 11.7 Å². The Labute approximate surface area is 117 Å². The summed E-state index contributed by atoms with van der Waals surface area (Å²) in [6.45, 7) is 4.73. The molecule has 2 aromatic rings. The zero-order valence-corrected chi connectivity index (χ0v) is 11.5. The number of non-ortho nitro benzene ring substituents is 1. The highest BCUT2D eigenvalue weighted by Crippen LogP contribution is 2.30. The fraction of sp³-hybridized carbons (Fsp3) is 0.357. The molecule has 2 rings (SSSR count). The quantitative estimate of drug-likeness (QED) is 0.645. The average molecular weight is 274 g/mol. The highest BCUT2D eigenvalue weighted by Gasteiger charge is 2.15. The lowest BCUT2D eigenvalue weighted by Gasteiger charge is -2.17. The van der Waals surface area contributed by atoms with E-state index in [1.807, 2.05) is 0 Å². The number of hydrogen-bond acceptors (Lipinski definition) is 5. The molecular formula is C14H18N4O2. The van der Waals surface area contributed by atoms with Crippen molar-refractivity contribution < 1.29 is 4.92 Å². The summed E-state index contributed by atoms with van der Waals surface area (Å²) in [4.78, 5) is 14.7. The Kier molecular flexibility index (Phi) is 4.14. The smallest absolute Gasteiger partial charge is 0.277 e. The Morgan fingerprint density at radius 3 is 2.75 bits per heavy atom. The number of fused-ring (bicyclic) bond motifs is 1. The summed E-state index contributed by atoms with van der Waals surface area (Å²) < 4.78 is 0. The number of hydrogen-bond donors (Lipinski definition) is 2. The molecule has 0 aliphatic heterocycles.